The Morgan fingerprint density at radius 1 is 1.20 bits per heavy atom. The van der Waals surface area contributed by atoms with Crippen LogP contribution >= 0.6 is 11.6 Å². The normalized spacial score (nSPS) is 11.8. The first-order valence-corrected chi connectivity index (χ1v) is 8.22. The van der Waals surface area contributed by atoms with Crippen LogP contribution in [0.15, 0.2) is 48.5 Å². The predicted molar refractivity (Wildman–Crippen MR) is 98.6 cm³/mol. The zero-order valence-corrected chi connectivity index (χ0v) is 14.6. The van der Waals surface area contributed by atoms with Gasteiger partial charge in [-0.05, 0) is 37.6 Å². The highest BCUT2D eigenvalue weighted by Crippen LogP contribution is 2.23. The molecule has 0 fully saturated rings. The summed E-state index contributed by atoms with van der Waals surface area (Å²) < 4.78 is 0. The SMILES string of the molecule is Cc1nc(-c2cccc(NC(=O)NC(C)c3ccccc3Cl)c2)n[nH]1. The Bertz CT molecular complexity index is 892. The Labute approximate surface area is 150 Å². The highest BCUT2D eigenvalue weighted by Gasteiger charge is 2.12. The molecule has 0 bridgehead atoms. The maximum absolute atomic E-state index is 12.3. The topological polar surface area (TPSA) is 82.7 Å². The Morgan fingerprint density at radius 3 is 2.72 bits per heavy atom. The van der Waals surface area contributed by atoms with E-state index in [-0.39, 0.29) is 12.1 Å². The lowest BCUT2D eigenvalue weighted by Gasteiger charge is -2.16. The van der Waals surface area contributed by atoms with Gasteiger partial charge in [0, 0.05) is 16.3 Å². The number of nitrogens with one attached hydrogen (secondary N) is 3. The summed E-state index contributed by atoms with van der Waals surface area (Å²) in [6.07, 6.45) is 0. The van der Waals surface area contributed by atoms with Gasteiger partial charge in [0.1, 0.15) is 5.82 Å². The lowest BCUT2D eigenvalue weighted by molar-refractivity contribution is 0.249. The molecule has 0 spiro atoms. The van der Waals surface area contributed by atoms with Gasteiger partial charge in [-0.2, -0.15) is 5.10 Å². The van der Waals surface area contributed by atoms with Gasteiger partial charge < -0.3 is 10.6 Å². The van der Waals surface area contributed by atoms with Gasteiger partial charge in [-0.3, -0.25) is 5.10 Å². The van der Waals surface area contributed by atoms with E-state index in [2.05, 4.69) is 25.8 Å². The summed E-state index contributed by atoms with van der Waals surface area (Å²) in [6, 6.07) is 14.3. The predicted octanol–water partition coefficient (Wildman–Crippen LogP) is 4.32. The summed E-state index contributed by atoms with van der Waals surface area (Å²) in [5.41, 5.74) is 2.34. The number of aromatic amines is 1. The van der Waals surface area contributed by atoms with E-state index in [9.17, 15) is 4.79 Å². The van der Waals surface area contributed by atoms with E-state index in [1.165, 1.54) is 0 Å². The molecular weight excluding hydrogens is 338 g/mol. The van der Waals surface area contributed by atoms with Gasteiger partial charge in [0.25, 0.3) is 0 Å². The summed E-state index contributed by atoms with van der Waals surface area (Å²) in [6.45, 7) is 3.72. The average Bonchev–Trinajstić information content (AvgIpc) is 3.02. The molecule has 0 saturated heterocycles. The number of benzene rings is 2. The van der Waals surface area contributed by atoms with Crippen LogP contribution in [0.2, 0.25) is 5.02 Å². The highest BCUT2D eigenvalue weighted by atomic mass is 35.5. The van der Waals surface area contributed by atoms with Gasteiger partial charge >= 0.3 is 6.03 Å². The van der Waals surface area contributed by atoms with Gasteiger partial charge in [0.05, 0.1) is 6.04 Å². The molecule has 3 aromatic rings. The number of aryl methyl sites for hydroxylation is 1. The molecule has 0 aliphatic heterocycles. The van der Waals surface area contributed by atoms with Crippen LogP contribution in [0.3, 0.4) is 0 Å². The average molecular weight is 356 g/mol. The third kappa shape index (κ3) is 4.16. The van der Waals surface area contributed by atoms with Crippen LogP contribution in [-0.4, -0.2) is 21.2 Å². The van der Waals surface area contributed by atoms with Gasteiger partial charge in [-0.15, -0.1) is 0 Å². The molecule has 6 nitrogen and oxygen atoms in total. The third-order valence-electron chi connectivity index (χ3n) is 3.70. The molecule has 128 valence electrons. The number of urea groups is 1. The second-order valence-corrected chi connectivity index (χ2v) is 6.07. The summed E-state index contributed by atoms with van der Waals surface area (Å²) in [7, 11) is 0. The third-order valence-corrected chi connectivity index (χ3v) is 4.04. The van der Waals surface area contributed by atoms with Crippen molar-refractivity contribution in [1.82, 2.24) is 20.5 Å². The summed E-state index contributed by atoms with van der Waals surface area (Å²) in [4.78, 5) is 16.5. The van der Waals surface area contributed by atoms with Gasteiger partial charge in [-0.1, -0.05) is 41.9 Å². The van der Waals surface area contributed by atoms with Crippen LogP contribution in [0, 0.1) is 6.92 Å². The number of halogens is 1. The number of carbonyl (C=O) groups excluding carboxylic acids is 1. The van der Waals surface area contributed by atoms with Crippen LogP contribution in [-0.2, 0) is 0 Å². The minimum Gasteiger partial charge on any atom is -0.331 e. The van der Waals surface area contributed by atoms with E-state index in [1.54, 1.807) is 6.07 Å². The van der Waals surface area contributed by atoms with Crippen LogP contribution in [0.1, 0.15) is 24.4 Å². The molecule has 1 aromatic heterocycles. The Kier molecular flexibility index (Phi) is 5.00. The molecule has 2 aromatic carbocycles. The van der Waals surface area contributed by atoms with Crippen molar-refractivity contribution in [3.8, 4) is 11.4 Å². The highest BCUT2D eigenvalue weighted by molar-refractivity contribution is 6.31. The Balaban J connectivity index is 1.68. The lowest BCUT2D eigenvalue weighted by atomic mass is 10.1. The summed E-state index contributed by atoms with van der Waals surface area (Å²) >= 11 is 6.16. The minimum atomic E-state index is -0.310. The fraction of sp³-hybridized carbons (Fsp3) is 0.167. The number of carbonyl (C=O) groups is 1. The van der Waals surface area contributed by atoms with E-state index in [1.807, 2.05) is 56.3 Å². The fourth-order valence-electron chi connectivity index (χ4n) is 2.48. The zero-order chi connectivity index (χ0) is 17.8. The molecule has 1 unspecified atom stereocenters. The smallest absolute Gasteiger partial charge is 0.319 e. The van der Waals surface area contributed by atoms with Crippen molar-refractivity contribution in [3.05, 3.63) is 64.9 Å². The number of amides is 2. The first kappa shape index (κ1) is 17.0. The van der Waals surface area contributed by atoms with Crippen molar-refractivity contribution in [2.24, 2.45) is 0 Å². The molecule has 0 aliphatic rings. The standard InChI is InChI=1S/C18H18ClN5O/c1-11(15-8-3-4-9-16(15)19)20-18(25)22-14-7-5-6-13(10-14)17-21-12(2)23-24-17/h3-11H,1-2H3,(H2,20,22,25)(H,21,23,24). The van der Waals surface area contributed by atoms with Crippen molar-refractivity contribution >= 4 is 23.3 Å². The molecule has 0 aliphatic carbocycles. The lowest BCUT2D eigenvalue weighted by Crippen LogP contribution is -2.31. The fourth-order valence-corrected chi connectivity index (χ4v) is 2.78. The molecule has 0 saturated carbocycles. The number of aromatic nitrogens is 3. The number of hydrogen-bond donors (Lipinski definition) is 3. The second-order valence-electron chi connectivity index (χ2n) is 5.67. The van der Waals surface area contributed by atoms with Crippen LogP contribution < -0.4 is 10.6 Å². The molecule has 25 heavy (non-hydrogen) atoms. The number of anilines is 1. The van der Waals surface area contributed by atoms with E-state index in [4.69, 9.17) is 11.6 Å². The molecule has 3 rings (SSSR count). The largest absolute Gasteiger partial charge is 0.331 e. The molecule has 7 heteroatoms. The molecular formula is C18H18ClN5O. The summed E-state index contributed by atoms with van der Waals surface area (Å²) in [5, 5.41) is 13.2. The molecule has 1 heterocycles. The van der Waals surface area contributed by atoms with E-state index >= 15 is 0 Å². The maximum Gasteiger partial charge on any atom is 0.319 e. The van der Waals surface area contributed by atoms with Crippen molar-refractivity contribution in [2.45, 2.75) is 19.9 Å². The van der Waals surface area contributed by atoms with Crippen molar-refractivity contribution in [1.29, 1.82) is 0 Å². The summed E-state index contributed by atoms with van der Waals surface area (Å²) in [5.74, 6) is 1.32. The maximum atomic E-state index is 12.3. The number of nitrogens with zero attached hydrogens (tertiary/aromatic N) is 2. The van der Waals surface area contributed by atoms with Crippen LogP contribution in [0.5, 0.6) is 0 Å². The monoisotopic (exact) mass is 355 g/mol. The van der Waals surface area contributed by atoms with Crippen molar-refractivity contribution in [3.63, 3.8) is 0 Å². The first-order valence-electron chi connectivity index (χ1n) is 7.84. The second kappa shape index (κ2) is 7.36. The quantitative estimate of drug-likeness (QED) is 0.651. The first-order chi connectivity index (χ1) is 12.0. The molecule has 2 amide bonds. The van der Waals surface area contributed by atoms with Crippen molar-refractivity contribution in [2.75, 3.05) is 5.32 Å². The van der Waals surface area contributed by atoms with Gasteiger partial charge in [0.15, 0.2) is 5.82 Å². The zero-order valence-electron chi connectivity index (χ0n) is 13.9. The van der Waals surface area contributed by atoms with Crippen molar-refractivity contribution < 1.29 is 4.79 Å². The van der Waals surface area contributed by atoms with Gasteiger partial charge in [0.2, 0.25) is 0 Å². The van der Waals surface area contributed by atoms with Crippen LogP contribution in [0.4, 0.5) is 10.5 Å². The Hall–Kier alpha value is -2.86. The molecule has 1 atom stereocenters. The number of rotatable bonds is 4. The van der Waals surface area contributed by atoms with E-state index in [0.29, 0.717) is 16.5 Å². The Morgan fingerprint density at radius 2 is 2.00 bits per heavy atom. The molecule has 0 radical (unpaired) electrons. The number of hydrogen-bond acceptors (Lipinski definition) is 3. The number of H-pyrrole nitrogens is 1. The van der Waals surface area contributed by atoms with Gasteiger partial charge in [-0.25, -0.2) is 9.78 Å². The minimum absolute atomic E-state index is 0.215. The molecule has 3 N–H and O–H groups in total. The van der Waals surface area contributed by atoms with Crippen LogP contribution in [0.25, 0.3) is 11.4 Å². The van der Waals surface area contributed by atoms with E-state index < -0.39 is 0 Å². The van der Waals surface area contributed by atoms with E-state index in [0.717, 1.165) is 17.0 Å².